The van der Waals surface area contributed by atoms with Gasteiger partial charge in [-0.1, -0.05) is 24.3 Å². The Morgan fingerprint density at radius 2 is 1.82 bits per heavy atom. The van der Waals surface area contributed by atoms with Crippen molar-refractivity contribution in [2.45, 2.75) is 25.8 Å². The Morgan fingerprint density at radius 3 is 2.57 bits per heavy atom. The lowest BCUT2D eigenvalue weighted by atomic mass is 9.93. The molecule has 1 saturated heterocycles. The molecule has 2 aromatic heterocycles. The predicted octanol–water partition coefficient (Wildman–Crippen LogP) is 2.78. The van der Waals surface area contributed by atoms with Gasteiger partial charge in [-0.15, -0.1) is 0 Å². The van der Waals surface area contributed by atoms with Crippen molar-refractivity contribution in [3.05, 3.63) is 60.4 Å². The molecule has 2 aliphatic rings. The summed E-state index contributed by atoms with van der Waals surface area (Å²) in [4.78, 5) is 26.1. The highest BCUT2D eigenvalue weighted by Crippen LogP contribution is 2.22. The van der Waals surface area contributed by atoms with Crippen LogP contribution in [0, 0.1) is 5.92 Å². The van der Waals surface area contributed by atoms with Gasteiger partial charge in [-0.2, -0.15) is 0 Å². The fourth-order valence-corrected chi connectivity index (χ4v) is 3.90. The molecular formula is C22H27N5O. The number of nitrogens with zero attached hydrogens (tertiary/aromatic N) is 4. The molecule has 1 aliphatic heterocycles. The summed E-state index contributed by atoms with van der Waals surface area (Å²) in [7, 11) is 0. The number of carbonyl (C=O) groups is 1. The molecule has 0 spiro atoms. The molecule has 6 heteroatoms. The first-order chi connectivity index (χ1) is 13.8. The molecule has 0 saturated carbocycles. The zero-order valence-corrected chi connectivity index (χ0v) is 16.1. The van der Waals surface area contributed by atoms with Crippen molar-refractivity contribution in [3.8, 4) is 0 Å². The van der Waals surface area contributed by atoms with Crippen LogP contribution < -0.4 is 15.1 Å². The molecule has 2 aromatic rings. The second-order valence-electron chi connectivity index (χ2n) is 7.35. The van der Waals surface area contributed by atoms with E-state index in [9.17, 15) is 4.79 Å². The van der Waals surface area contributed by atoms with E-state index in [4.69, 9.17) is 0 Å². The Bertz CT molecular complexity index is 815. The van der Waals surface area contributed by atoms with Crippen LogP contribution in [0.4, 0.5) is 11.6 Å². The number of amides is 1. The van der Waals surface area contributed by atoms with E-state index in [1.165, 1.54) is 0 Å². The maximum absolute atomic E-state index is 12.5. The van der Waals surface area contributed by atoms with Crippen molar-refractivity contribution in [1.82, 2.24) is 15.3 Å². The summed E-state index contributed by atoms with van der Waals surface area (Å²) in [5.41, 5.74) is 1.08. The predicted molar refractivity (Wildman–Crippen MR) is 111 cm³/mol. The fraction of sp³-hybridized carbons (Fsp3) is 0.409. The lowest BCUT2D eigenvalue weighted by molar-refractivity contribution is -0.125. The van der Waals surface area contributed by atoms with Crippen molar-refractivity contribution in [2.24, 2.45) is 5.92 Å². The number of rotatable bonds is 5. The second kappa shape index (κ2) is 8.87. The molecule has 1 fully saturated rings. The maximum Gasteiger partial charge on any atom is 0.223 e. The Labute approximate surface area is 166 Å². The van der Waals surface area contributed by atoms with Gasteiger partial charge in [-0.25, -0.2) is 9.97 Å². The van der Waals surface area contributed by atoms with E-state index in [1.807, 2.05) is 30.6 Å². The highest BCUT2D eigenvalue weighted by molar-refractivity contribution is 5.79. The monoisotopic (exact) mass is 377 g/mol. The smallest absolute Gasteiger partial charge is 0.223 e. The molecule has 6 nitrogen and oxygen atoms in total. The molecule has 146 valence electrons. The first-order valence-corrected chi connectivity index (χ1v) is 10.1. The van der Waals surface area contributed by atoms with E-state index in [1.54, 1.807) is 0 Å². The van der Waals surface area contributed by atoms with Crippen molar-refractivity contribution in [2.75, 3.05) is 36.0 Å². The Hall–Kier alpha value is -2.89. The highest BCUT2D eigenvalue weighted by Gasteiger charge is 2.22. The molecule has 3 heterocycles. The molecular weight excluding hydrogens is 350 g/mol. The number of aromatic nitrogens is 2. The number of anilines is 2. The topological polar surface area (TPSA) is 61.4 Å². The van der Waals surface area contributed by atoms with E-state index >= 15 is 0 Å². The zero-order chi connectivity index (χ0) is 19.2. The third-order valence-corrected chi connectivity index (χ3v) is 5.51. The van der Waals surface area contributed by atoms with E-state index in [0.717, 1.165) is 62.6 Å². The summed E-state index contributed by atoms with van der Waals surface area (Å²) in [6.45, 7) is 4.13. The summed E-state index contributed by atoms with van der Waals surface area (Å²) >= 11 is 0. The first kappa shape index (κ1) is 18.5. The van der Waals surface area contributed by atoms with Gasteiger partial charge in [0.2, 0.25) is 5.91 Å². The number of hydrogen-bond donors (Lipinski definition) is 1. The average molecular weight is 377 g/mol. The van der Waals surface area contributed by atoms with Gasteiger partial charge in [-0.05, 0) is 37.5 Å². The first-order valence-electron chi connectivity index (χ1n) is 10.1. The van der Waals surface area contributed by atoms with Crippen LogP contribution in [-0.4, -0.2) is 42.1 Å². The Morgan fingerprint density at radius 1 is 1.00 bits per heavy atom. The van der Waals surface area contributed by atoms with Crippen molar-refractivity contribution < 1.29 is 4.79 Å². The zero-order valence-electron chi connectivity index (χ0n) is 16.1. The lowest BCUT2D eigenvalue weighted by Gasteiger charge is -2.36. The van der Waals surface area contributed by atoms with Crippen molar-refractivity contribution >= 4 is 17.5 Å². The van der Waals surface area contributed by atoms with Gasteiger partial charge in [0.25, 0.3) is 0 Å². The molecule has 0 bridgehead atoms. The standard InChI is InChI=1S/C22H27N5O/c28-22(18-7-2-1-3-8-18)25-17-19-9-6-12-24-21(19)27-15-13-26(14-16-27)20-10-4-5-11-23-20/h1-2,4-6,9-12,18H,3,7-8,13-17H2,(H,25,28)/t18-/m0/s1. The lowest BCUT2D eigenvalue weighted by Crippen LogP contribution is -2.47. The third-order valence-electron chi connectivity index (χ3n) is 5.51. The van der Waals surface area contributed by atoms with Crippen LogP contribution in [0.1, 0.15) is 24.8 Å². The van der Waals surface area contributed by atoms with E-state index < -0.39 is 0 Å². The number of allylic oxidation sites excluding steroid dienone is 2. The van der Waals surface area contributed by atoms with Gasteiger partial charge >= 0.3 is 0 Å². The average Bonchev–Trinajstić information content (AvgIpc) is 2.79. The molecule has 28 heavy (non-hydrogen) atoms. The molecule has 1 N–H and O–H groups in total. The SMILES string of the molecule is O=C(NCc1cccnc1N1CCN(c2ccccn2)CC1)[C@H]1CC=CCC1. The van der Waals surface area contributed by atoms with Crippen LogP contribution in [0.15, 0.2) is 54.9 Å². The number of piperazine rings is 1. The second-order valence-corrected chi connectivity index (χ2v) is 7.35. The molecule has 4 rings (SSSR count). The van der Waals surface area contributed by atoms with E-state index in [-0.39, 0.29) is 11.8 Å². The largest absolute Gasteiger partial charge is 0.353 e. The summed E-state index contributed by atoms with van der Waals surface area (Å²) in [5.74, 6) is 2.26. The van der Waals surface area contributed by atoms with Gasteiger partial charge in [0.05, 0.1) is 0 Å². The van der Waals surface area contributed by atoms with Crippen LogP contribution in [0.3, 0.4) is 0 Å². The van der Waals surface area contributed by atoms with Crippen LogP contribution in [-0.2, 0) is 11.3 Å². The van der Waals surface area contributed by atoms with Gasteiger partial charge < -0.3 is 15.1 Å². The van der Waals surface area contributed by atoms with Crippen LogP contribution in [0.5, 0.6) is 0 Å². The van der Waals surface area contributed by atoms with Gasteiger partial charge in [0.1, 0.15) is 11.6 Å². The molecule has 1 amide bonds. The fourth-order valence-electron chi connectivity index (χ4n) is 3.90. The minimum Gasteiger partial charge on any atom is -0.353 e. The van der Waals surface area contributed by atoms with Gasteiger partial charge in [-0.3, -0.25) is 4.79 Å². The molecule has 0 aromatic carbocycles. The Balaban J connectivity index is 1.37. The van der Waals surface area contributed by atoms with Gasteiger partial charge in [0, 0.05) is 56.6 Å². The van der Waals surface area contributed by atoms with Gasteiger partial charge in [0.15, 0.2) is 0 Å². The minimum absolute atomic E-state index is 0.104. The Kier molecular flexibility index (Phi) is 5.85. The summed E-state index contributed by atoms with van der Waals surface area (Å²) in [6, 6.07) is 10.0. The summed E-state index contributed by atoms with van der Waals surface area (Å²) in [6.07, 6.45) is 10.7. The molecule has 1 aliphatic carbocycles. The van der Waals surface area contributed by atoms with Crippen molar-refractivity contribution in [3.63, 3.8) is 0 Å². The maximum atomic E-state index is 12.5. The number of carbonyl (C=O) groups excluding carboxylic acids is 1. The number of nitrogens with one attached hydrogen (secondary N) is 1. The molecule has 0 unspecified atom stereocenters. The van der Waals surface area contributed by atoms with E-state index in [2.05, 4.69) is 49.4 Å². The van der Waals surface area contributed by atoms with E-state index in [0.29, 0.717) is 6.54 Å². The van der Waals surface area contributed by atoms with Crippen LogP contribution in [0.25, 0.3) is 0 Å². The third kappa shape index (κ3) is 4.32. The van der Waals surface area contributed by atoms with Crippen molar-refractivity contribution in [1.29, 1.82) is 0 Å². The molecule has 1 atom stereocenters. The summed E-state index contributed by atoms with van der Waals surface area (Å²) in [5, 5.41) is 3.12. The van der Waals surface area contributed by atoms with Crippen LogP contribution >= 0.6 is 0 Å². The highest BCUT2D eigenvalue weighted by atomic mass is 16.1. The number of hydrogen-bond acceptors (Lipinski definition) is 5. The number of pyridine rings is 2. The minimum atomic E-state index is 0.104. The molecule has 0 radical (unpaired) electrons. The normalized spacial score (nSPS) is 19.5. The quantitative estimate of drug-likeness (QED) is 0.812. The summed E-state index contributed by atoms with van der Waals surface area (Å²) < 4.78 is 0. The van der Waals surface area contributed by atoms with Crippen LogP contribution in [0.2, 0.25) is 0 Å².